The number of allylic oxidation sites excluding steroid dienone is 2. The molecule has 0 radical (unpaired) electrons. The minimum absolute atomic E-state index is 0.00559. The quantitative estimate of drug-likeness (QED) is 0.0364. The van der Waals surface area contributed by atoms with Crippen LogP contribution >= 0.6 is 0 Å². The number of anilines is 2. The summed E-state index contributed by atoms with van der Waals surface area (Å²) in [6.07, 6.45) is 27.6. The van der Waals surface area contributed by atoms with Gasteiger partial charge in [-0.1, -0.05) is 111 Å². The Labute approximate surface area is 630 Å². The Kier molecular flexibility index (Phi) is 21.2. The molecule has 2 unspecified atom stereocenters. The third-order valence-electron chi connectivity index (χ3n) is 28.7. The number of rotatable bonds is 20. The fraction of sp³-hybridized carbons (Fsp3) is 0.674. The number of Topliss-reactive ketones (excluding diaryl/α,β-unsaturated/α-hetero) is 2. The highest BCUT2D eigenvalue weighted by Crippen LogP contribution is 2.73. The maximum atomic E-state index is 14.6. The van der Waals surface area contributed by atoms with E-state index in [9.17, 15) is 39.0 Å². The van der Waals surface area contributed by atoms with Crippen LogP contribution in [0.2, 0.25) is 0 Å². The molecule has 2 saturated heterocycles. The topological polar surface area (TPSA) is 267 Å². The number of fused-ring (bicyclic) bond motifs is 16. The molecule has 10 aliphatic carbocycles. The average molecular weight is 1470 g/mol. The predicted octanol–water partition coefficient (Wildman–Crippen LogP) is 14.9. The minimum Gasteiger partial charge on any atom is -0.458 e. The molecule has 12 aliphatic rings. The van der Waals surface area contributed by atoms with Crippen molar-refractivity contribution < 1.29 is 72.1 Å². The van der Waals surface area contributed by atoms with Crippen molar-refractivity contribution in [2.75, 3.05) is 30.5 Å². The van der Waals surface area contributed by atoms with Gasteiger partial charge in [-0.05, 0) is 227 Å². The van der Waals surface area contributed by atoms with Crippen LogP contribution in [0.15, 0.2) is 72.1 Å². The largest absolute Gasteiger partial charge is 0.458 e. The summed E-state index contributed by atoms with van der Waals surface area (Å²) in [6.45, 7) is 16.4. The number of ether oxygens (including phenoxy) is 7. The summed E-state index contributed by atoms with van der Waals surface area (Å²) < 4.78 is 47.9. The van der Waals surface area contributed by atoms with Crippen LogP contribution < -0.4 is 10.6 Å². The number of ketones is 2. The number of carbonyl (C=O) groups excluding carboxylic acids is 6. The second-order valence-corrected chi connectivity index (χ2v) is 34.8. The molecular weight excluding hydrogens is 1360 g/mol. The number of aromatic nitrogens is 4. The van der Waals surface area contributed by atoms with Crippen LogP contribution in [0.3, 0.4) is 0 Å². The van der Waals surface area contributed by atoms with Crippen LogP contribution in [0.1, 0.15) is 238 Å². The first kappa shape index (κ1) is 75.5. The van der Waals surface area contributed by atoms with Gasteiger partial charge in [0.25, 0.3) is 0 Å². The summed E-state index contributed by atoms with van der Waals surface area (Å²) >= 11 is 0. The van der Waals surface area contributed by atoms with Crippen molar-refractivity contribution in [2.45, 2.75) is 277 Å². The lowest BCUT2D eigenvalue weighted by molar-refractivity contribution is -0.212. The van der Waals surface area contributed by atoms with Crippen LogP contribution in [0.5, 0.6) is 0 Å². The number of hydrogen-bond donors (Lipinski definition) is 4. The Balaban J connectivity index is 0.000000171. The van der Waals surface area contributed by atoms with E-state index in [2.05, 4.69) is 63.6 Å². The van der Waals surface area contributed by atoms with Crippen LogP contribution in [-0.2, 0) is 70.0 Å². The monoisotopic (exact) mass is 1470 g/mol. The maximum absolute atomic E-state index is 14.6. The van der Waals surface area contributed by atoms with Crippen molar-refractivity contribution in [3.8, 4) is 11.4 Å². The van der Waals surface area contributed by atoms with Crippen LogP contribution in [0.25, 0.3) is 23.5 Å². The lowest BCUT2D eigenvalue weighted by Gasteiger charge is -2.60. The van der Waals surface area contributed by atoms with Crippen molar-refractivity contribution in [3.63, 3.8) is 0 Å². The lowest BCUT2D eigenvalue weighted by Crippen LogP contribution is -2.64. The van der Waals surface area contributed by atoms with Gasteiger partial charge < -0.3 is 48.7 Å². The number of benzene rings is 2. The van der Waals surface area contributed by atoms with Gasteiger partial charge in [-0.2, -0.15) is 10.2 Å². The molecule has 4 aromatic rings. The second-order valence-electron chi connectivity index (χ2n) is 34.8. The molecule has 578 valence electrons. The lowest BCUT2D eigenvalue weighted by atomic mass is 9.45. The van der Waals surface area contributed by atoms with Gasteiger partial charge in [0.1, 0.15) is 0 Å². The molecule has 8 saturated carbocycles. The van der Waals surface area contributed by atoms with E-state index in [-0.39, 0.29) is 114 Å². The molecule has 21 heteroatoms. The Morgan fingerprint density at radius 3 is 1.59 bits per heavy atom. The van der Waals surface area contributed by atoms with Gasteiger partial charge in [0.15, 0.2) is 37.0 Å². The summed E-state index contributed by atoms with van der Waals surface area (Å²) in [4.78, 5) is 78.1. The Morgan fingerprint density at radius 2 is 1.08 bits per heavy atom. The summed E-state index contributed by atoms with van der Waals surface area (Å²) in [6, 6.07) is 15.4. The van der Waals surface area contributed by atoms with Crippen molar-refractivity contribution >= 4 is 59.0 Å². The van der Waals surface area contributed by atoms with E-state index in [0.29, 0.717) is 57.2 Å². The Morgan fingerprint density at radius 1 is 0.589 bits per heavy atom. The third kappa shape index (κ3) is 13.1. The summed E-state index contributed by atoms with van der Waals surface area (Å²) in [7, 11) is 0. The number of aliphatic hydroxyl groups is 2. The molecule has 0 spiro atoms. The molecule has 10 fully saturated rings. The van der Waals surface area contributed by atoms with Crippen LogP contribution in [-0.4, -0.2) is 133 Å². The highest BCUT2D eigenvalue weighted by atomic mass is 16.8. The van der Waals surface area contributed by atoms with E-state index >= 15 is 0 Å². The molecule has 16 rings (SSSR count). The molecule has 4 N–H and O–H groups in total. The second kappa shape index (κ2) is 30.1. The maximum Gasteiger partial charge on any atom is 0.411 e. The fourth-order valence-corrected chi connectivity index (χ4v) is 23.6. The molecule has 2 aromatic carbocycles. The van der Waals surface area contributed by atoms with Gasteiger partial charge >= 0.3 is 18.0 Å². The molecule has 4 heterocycles. The number of aliphatic hydroxyl groups excluding tert-OH is 2. The Hall–Kier alpha value is -6.88. The van der Waals surface area contributed by atoms with Crippen LogP contribution in [0, 0.1) is 69.0 Å². The van der Waals surface area contributed by atoms with Crippen molar-refractivity contribution in [1.29, 1.82) is 0 Å². The van der Waals surface area contributed by atoms with E-state index < -0.39 is 65.1 Å². The Bertz CT molecular complexity index is 4060. The number of hydrogen-bond acceptors (Lipinski definition) is 17. The average Bonchev–Trinajstić information content (AvgIpc) is 1.54. The SMILES string of the molecule is CCCC(=O)OCC(=O)[C@@]12OC(C3CCCCC3)O[C@@H]1C[C@H]1[C@@H]3CCC4=Cc5c(cnn5-c5ccc(NC(=O)CC)cc5)C[C@]4(C)[C@H]3[C@@H](O)C[C@@]12C.CCCCOC(=O)Nc1ccc(-n2cc3c(n2)C=C2CC[C@@H]4[C@H]([C@@H](O)C[C@@]5(C)[C@H]4C[C@H]4OC(C6CCCCC6)O[C@]45C(=O)COC(=O)CCC)[C@@]2(C)C3)cc1. The first-order valence-electron chi connectivity index (χ1n) is 40.9. The van der Waals surface area contributed by atoms with Gasteiger partial charge in [0.2, 0.25) is 17.5 Å². The number of nitrogens with one attached hydrogen (secondary N) is 2. The fourth-order valence-electron chi connectivity index (χ4n) is 23.6. The molecule has 2 aromatic heterocycles. The number of unbranched alkanes of at least 4 members (excludes halogenated alkanes) is 1. The van der Waals surface area contributed by atoms with Gasteiger partial charge in [-0.3, -0.25) is 29.3 Å². The molecular formula is C86H114N6O15. The van der Waals surface area contributed by atoms with Gasteiger partial charge in [-0.25, -0.2) is 14.2 Å². The van der Waals surface area contributed by atoms with Gasteiger partial charge in [0.05, 0.1) is 60.0 Å². The molecule has 2 amide bonds. The first-order chi connectivity index (χ1) is 51.5. The van der Waals surface area contributed by atoms with E-state index in [1.54, 1.807) is 0 Å². The summed E-state index contributed by atoms with van der Waals surface area (Å²) in [5.74, 6) is -0.152. The minimum atomic E-state index is -1.27. The zero-order chi connectivity index (χ0) is 75.0. The third-order valence-corrected chi connectivity index (χ3v) is 28.7. The normalized spacial score (nSPS) is 35.7. The van der Waals surface area contributed by atoms with E-state index in [1.165, 1.54) is 24.0 Å². The van der Waals surface area contributed by atoms with E-state index in [1.807, 2.05) is 84.9 Å². The standard InChI is InChI=1S/C44H59N3O8.C42H55N3O7/c1-5-7-20-52-41(51)45-30-15-17-31(18-16-30)47-25-28-23-42(3)29(21-34(28)46-47)14-19-32-33-22-37-44(36(49)26-53-38(50)11-6-2,43(33,4)24-35(48)39(32)42)55-40(54-37)27-12-9-8-10-13-27;1-5-10-37(49)50-24-34(47)42-35(51-39(52-42)25-11-8-7-9-12-25)20-31-30-18-13-27-19-32-26(21-40(27,3)38(30)33(46)22-41(31,42)4)23-43-45(32)29-16-14-28(15-17-29)44-36(48)6-2/h15-18,21,25,27,32-33,35,37,39-40,48H,5-14,19-20,22-24,26H2,1-4H3,(H,45,51);14-17,19,23,25,30-31,33,35,38-39,46H,5-13,18,20-22,24H2,1-4H3,(H,44,48)/t32-,33-,35-,37+,39+,40?,42-,43-,44+;30-,31-,33-,35+,38+,39?,40-,41-,42+/m00/s1. The highest BCUT2D eigenvalue weighted by Gasteiger charge is 2.78. The number of amides is 2. The van der Waals surface area contributed by atoms with Gasteiger partial charge in [-0.15, -0.1) is 0 Å². The molecule has 0 bridgehead atoms. The highest BCUT2D eigenvalue weighted by molar-refractivity contribution is 5.94. The molecule has 21 nitrogen and oxygen atoms in total. The van der Waals surface area contributed by atoms with E-state index in [4.69, 9.17) is 43.4 Å². The van der Waals surface area contributed by atoms with Crippen molar-refractivity contribution in [1.82, 2.24) is 19.6 Å². The number of carbonyl (C=O) groups is 6. The summed E-state index contributed by atoms with van der Waals surface area (Å²) in [5.41, 5.74) is 5.80. The van der Waals surface area contributed by atoms with Crippen molar-refractivity contribution in [2.24, 2.45) is 69.0 Å². The first-order valence-corrected chi connectivity index (χ1v) is 40.9. The zero-order valence-corrected chi connectivity index (χ0v) is 64.2. The van der Waals surface area contributed by atoms with E-state index in [0.717, 1.165) is 142 Å². The van der Waals surface area contributed by atoms with Crippen molar-refractivity contribution in [3.05, 3.63) is 94.6 Å². The molecule has 2 aliphatic heterocycles. The molecule has 107 heavy (non-hydrogen) atoms. The van der Waals surface area contributed by atoms with Gasteiger partial charge in [0, 0.05) is 59.5 Å². The summed E-state index contributed by atoms with van der Waals surface area (Å²) in [5, 5.41) is 40.4. The smallest absolute Gasteiger partial charge is 0.411 e. The molecule has 18 atom stereocenters. The zero-order valence-electron chi connectivity index (χ0n) is 64.2. The number of esters is 2. The van der Waals surface area contributed by atoms with Crippen LogP contribution in [0.4, 0.5) is 16.2 Å². The number of nitrogens with zero attached hydrogens (tertiary/aromatic N) is 4. The predicted molar refractivity (Wildman–Crippen MR) is 401 cm³/mol.